The lowest BCUT2D eigenvalue weighted by atomic mass is 10.1. The number of anilines is 1. The SMILES string of the molecule is CCOC(=O)c1cc(S(=O)(=O)N2CCN(c3ccccc3C#N)CC2)c(C)cc1C. The average molecular weight is 428 g/mol. The molecule has 0 N–H and O–H groups in total. The molecule has 0 atom stereocenters. The molecule has 0 radical (unpaired) electrons. The monoisotopic (exact) mass is 427 g/mol. The van der Waals surface area contributed by atoms with Gasteiger partial charge in [0.15, 0.2) is 0 Å². The predicted molar refractivity (Wildman–Crippen MR) is 114 cm³/mol. The van der Waals surface area contributed by atoms with Crippen molar-refractivity contribution in [1.82, 2.24) is 4.31 Å². The summed E-state index contributed by atoms with van der Waals surface area (Å²) in [4.78, 5) is 14.4. The van der Waals surface area contributed by atoms with Crippen LogP contribution in [0.5, 0.6) is 0 Å². The Morgan fingerprint density at radius 1 is 1.10 bits per heavy atom. The Bertz CT molecular complexity index is 1100. The third-order valence-corrected chi connectivity index (χ3v) is 7.28. The van der Waals surface area contributed by atoms with Gasteiger partial charge in [-0.25, -0.2) is 13.2 Å². The highest BCUT2D eigenvalue weighted by Crippen LogP contribution is 2.27. The molecule has 1 fully saturated rings. The average Bonchev–Trinajstić information content (AvgIpc) is 2.73. The minimum Gasteiger partial charge on any atom is -0.462 e. The second-order valence-corrected chi connectivity index (χ2v) is 9.08. The zero-order valence-corrected chi connectivity index (χ0v) is 18.2. The summed E-state index contributed by atoms with van der Waals surface area (Å²) in [6.45, 7) is 6.98. The molecule has 0 amide bonds. The third-order valence-electron chi connectivity index (χ3n) is 5.24. The molecule has 1 saturated heterocycles. The fourth-order valence-corrected chi connectivity index (χ4v) is 5.35. The van der Waals surface area contributed by atoms with Crippen LogP contribution in [-0.2, 0) is 14.8 Å². The number of rotatable bonds is 5. The summed E-state index contributed by atoms with van der Waals surface area (Å²) in [5.74, 6) is -0.524. The number of benzene rings is 2. The first-order chi connectivity index (χ1) is 14.3. The Labute approximate surface area is 177 Å². The van der Waals surface area contributed by atoms with Gasteiger partial charge in [-0.1, -0.05) is 18.2 Å². The Kier molecular flexibility index (Phi) is 6.44. The van der Waals surface area contributed by atoms with Crippen molar-refractivity contribution >= 4 is 21.7 Å². The first-order valence-corrected chi connectivity index (χ1v) is 11.3. The summed E-state index contributed by atoms with van der Waals surface area (Å²) in [5.41, 5.74) is 2.93. The molecule has 1 aliphatic rings. The first-order valence-electron chi connectivity index (χ1n) is 9.82. The van der Waals surface area contributed by atoms with Crippen LogP contribution in [0.4, 0.5) is 5.69 Å². The van der Waals surface area contributed by atoms with E-state index in [-0.39, 0.29) is 17.1 Å². The van der Waals surface area contributed by atoms with E-state index >= 15 is 0 Å². The normalized spacial score (nSPS) is 14.9. The van der Waals surface area contributed by atoms with E-state index in [1.807, 2.05) is 23.1 Å². The molecule has 0 aromatic heterocycles. The van der Waals surface area contributed by atoms with Crippen LogP contribution in [0.2, 0.25) is 0 Å². The standard InChI is InChI=1S/C22H25N3O4S/c1-4-29-22(26)19-14-21(17(3)13-16(19)2)30(27,28)25-11-9-24(10-12-25)20-8-6-5-7-18(20)15-23/h5-8,13-14H,4,9-12H2,1-3H3. The number of hydrogen-bond acceptors (Lipinski definition) is 6. The van der Waals surface area contributed by atoms with Crippen LogP contribution in [0.25, 0.3) is 0 Å². The van der Waals surface area contributed by atoms with E-state index in [1.165, 1.54) is 10.4 Å². The maximum absolute atomic E-state index is 13.3. The molecule has 1 heterocycles. The number of hydrogen-bond donors (Lipinski definition) is 0. The van der Waals surface area contributed by atoms with Gasteiger partial charge in [0, 0.05) is 26.2 Å². The number of carbonyl (C=O) groups is 1. The number of nitrogens with zero attached hydrogens (tertiary/aromatic N) is 3. The highest BCUT2D eigenvalue weighted by molar-refractivity contribution is 7.89. The number of para-hydroxylation sites is 1. The third kappa shape index (κ3) is 4.18. The highest BCUT2D eigenvalue weighted by Gasteiger charge is 2.31. The predicted octanol–water partition coefficient (Wildman–Crippen LogP) is 2.86. The lowest BCUT2D eigenvalue weighted by molar-refractivity contribution is 0.0525. The van der Waals surface area contributed by atoms with Crippen molar-refractivity contribution in [3.63, 3.8) is 0 Å². The summed E-state index contributed by atoms with van der Waals surface area (Å²) < 4.78 is 33.1. The molecule has 30 heavy (non-hydrogen) atoms. The molecular formula is C22H25N3O4S. The zero-order valence-electron chi connectivity index (χ0n) is 17.4. The van der Waals surface area contributed by atoms with E-state index in [0.29, 0.717) is 42.9 Å². The Hall–Kier alpha value is -2.89. The van der Waals surface area contributed by atoms with E-state index in [4.69, 9.17) is 4.74 Å². The molecule has 0 bridgehead atoms. The minimum absolute atomic E-state index is 0.127. The summed E-state index contributed by atoms with van der Waals surface area (Å²) in [5, 5.41) is 9.32. The Morgan fingerprint density at radius 3 is 2.40 bits per heavy atom. The van der Waals surface area contributed by atoms with Crippen molar-refractivity contribution in [2.75, 3.05) is 37.7 Å². The summed E-state index contributed by atoms with van der Waals surface area (Å²) >= 11 is 0. The first kappa shape index (κ1) is 21.8. The minimum atomic E-state index is -3.77. The van der Waals surface area contributed by atoms with Crippen molar-refractivity contribution in [3.05, 3.63) is 58.7 Å². The molecule has 0 aliphatic carbocycles. The number of carbonyl (C=O) groups excluding carboxylic acids is 1. The van der Waals surface area contributed by atoms with E-state index in [9.17, 15) is 18.5 Å². The van der Waals surface area contributed by atoms with Crippen LogP contribution in [0, 0.1) is 25.2 Å². The Balaban J connectivity index is 1.85. The quantitative estimate of drug-likeness (QED) is 0.682. The van der Waals surface area contributed by atoms with Gasteiger partial charge in [0.1, 0.15) is 6.07 Å². The van der Waals surface area contributed by atoms with Crippen molar-refractivity contribution in [2.45, 2.75) is 25.7 Å². The molecule has 2 aromatic carbocycles. The number of esters is 1. The smallest absolute Gasteiger partial charge is 0.338 e. The van der Waals surface area contributed by atoms with Crippen molar-refractivity contribution in [3.8, 4) is 6.07 Å². The molecule has 0 saturated carbocycles. The number of ether oxygens (including phenoxy) is 1. The van der Waals surface area contributed by atoms with Gasteiger partial charge in [-0.2, -0.15) is 9.57 Å². The van der Waals surface area contributed by atoms with Crippen molar-refractivity contribution < 1.29 is 17.9 Å². The largest absolute Gasteiger partial charge is 0.462 e. The van der Waals surface area contributed by atoms with Gasteiger partial charge in [0.25, 0.3) is 0 Å². The van der Waals surface area contributed by atoms with E-state index < -0.39 is 16.0 Å². The molecule has 0 unspecified atom stereocenters. The Morgan fingerprint density at radius 2 is 1.77 bits per heavy atom. The second kappa shape index (κ2) is 8.86. The topological polar surface area (TPSA) is 90.7 Å². The molecule has 3 rings (SSSR count). The number of sulfonamides is 1. The van der Waals surface area contributed by atoms with Crippen molar-refractivity contribution in [1.29, 1.82) is 5.26 Å². The zero-order chi connectivity index (χ0) is 21.9. The van der Waals surface area contributed by atoms with Gasteiger partial charge in [0.2, 0.25) is 10.0 Å². The lowest BCUT2D eigenvalue weighted by Crippen LogP contribution is -2.49. The molecule has 1 aliphatic heterocycles. The van der Waals surface area contributed by atoms with Crippen LogP contribution in [-0.4, -0.2) is 51.5 Å². The number of nitriles is 1. The van der Waals surface area contributed by atoms with Gasteiger partial charge >= 0.3 is 5.97 Å². The van der Waals surface area contributed by atoms with Crippen molar-refractivity contribution in [2.24, 2.45) is 0 Å². The molecule has 7 nitrogen and oxygen atoms in total. The van der Waals surface area contributed by atoms with Gasteiger partial charge in [0.05, 0.1) is 28.3 Å². The van der Waals surface area contributed by atoms with E-state index in [0.717, 1.165) is 5.69 Å². The van der Waals surface area contributed by atoms with Gasteiger partial charge in [-0.3, -0.25) is 0 Å². The molecule has 158 valence electrons. The van der Waals surface area contributed by atoms with Gasteiger partial charge < -0.3 is 9.64 Å². The number of aryl methyl sites for hydroxylation is 2. The summed E-state index contributed by atoms with van der Waals surface area (Å²) in [7, 11) is -3.77. The maximum atomic E-state index is 13.3. The molecular weight excluding hydrogens is 402 g/mol. The molecule has 2 aromatic rings. The summed E-state index contributed by atoms with van der Waals surface area (Å²) in [6, 6.07) is 12.6. The maximum Gasteiger partial charge on any atom is 0.338 e. The number of piperazine rings is 1. The fraction of sp³-hybridized carbons (Fsp3) is 0.364. The molecule has 0 spiro atoms. The van der Waals surface area contributed by atoms with Crippen LogP contribution in [0.1, 0.15) is 34.0 Å². The van der Waals surface area contributed by atoms with E-state index in [2.05, 4.69) is 6.07 Å². The van der Waals surface area contributed by atoms with Crippen LogP contribution < -0.4 is 4.90 Å². The van der Waals surface area contributed by atoms with E-state index in [1.54, 1.807) is 32.9 Å². The van der Waals surface area contributed by atoms with Crippen LogP contribution in [0.15, 0.2) is 41.3 Å². The molecule has 8 heteroatoms. The second-order valence-electron chi connectivity index (χ2n) is 7.17. The fourth-order valence-electron chi connectivity index (χ4n) is 3.69. The highest BCUT2D eigenvalue weighted by atomic mass is 32.2. The van der Waals surface area contributed by atoms with Crippen LogP contribution >= 0.6 is 0 Å². The lowest BCUT2D eigenvalue weighted by Gasteiger charge is -2.36. The van der Waals surface area contributed by atoms with Crippen LogP contribution in [0.3, 0.4) is 0 Å². The van der Waals surface area contributed by atoms with Gasteiger partial charge in [-0.05, 0) is 50.1 Å². The van der Waals surface area contributed by atoms with Gasteiger partial charge in [-0.15, -0.1) is 0 Å². The summed E-state index contributed by atoms with van der Waals surface area (Å²) in [6.07, 6.45) is 0.